The smallest absolute Gasteiger partial charge is 0.128 e. The topological polar surface area (TPSA) is 94.5 Å². The Labute approximate surface area is 298 Å². The minimum absolute atomic E-state index is 0.0286. The third kappa shape index (κ3) is 5.27. The van der Waals surface area contributed by atoms with Crippen LogP contribution in [0.2, 0.25) is 0 Å². The lowest BCUT2D eigenvalue weighted by atomic mass is 9.68. The molecule has 4 heterocycles. The molecule has 0 fully saturated rings. The van der Waals surface area contributed by atoms with Gasteiger partial charge < -0.3 is 20.0 Å². The Balaban J connectivity index is 1.29. The number of phenols is 2. The Bertz CT molecular complexity index is 1930. The summed E-state index contributed by atoms with van der Waals surface area (Å²) in [4.78, 5) is 4.87. The standard InChI is InChI=1S/C44H50N4O2/c1-41(2)13-17-47-19-15-43(5,6)35-37(47)33(41)23-29(39(35)49)11-9-27-21-32(26-46)28(22-31(27)25-45)10-12-30-24-34-38-36(40(30)50)44(7,8)16-20-48(38)18-14-42(34,3)4/h9-12,21-24,49-50H,13-20H2,1-8H3/b11-9+,12-10+. The minimum atomic E-state index is -0.170. The summed E-state index contributed by atoms with van der Waals surface area (Å²) < 4.78 is 0. The average molecular weight is 667 g/mol. The molecule has 0 saturated heterocycles. The minimum Gasteiger partial charge on any atom is -0.507 e. The third-order valence-electron chi connectivity index (χ3n) is 12.4. The molecule has 2 N–H and O–H groups in total. The molecule has 0 amide bonds. The summed E-state index contributed by atoms with van der Waals surface area (Å²) in [7, 11) is 0. The van der Waals surface area contributed by atoms with Crippen molar-refractivity contribution in [1.29, 1.82) is 10.5 Å². The molecule has 3 aromatic rings. The van der Waals surface area contributed by atoms with E-state index in [1.807, 2.05) is 24.3 Å². The fourth-order valence-electron chi connectivity index (χ4n) is 8.90. The van der Waals surface area contributed by atoms with Crippen LogP contribution in [-0.2, 0) is 21.7 Å². The number of hydrogen-bond donors (Lipinski definition) is 2. The molecule has 0 atom stereocenters. The quantitative estimate of drug-likeness (QED) is 0.270. The molecule has 0 unspecified atom stereocenters. The monoisotopic (exact) mass is 666 g/mol. The molecule has 4 aliphatic heterocycles. The molecule has 6 nitrogen and oxygen atoms in total. The van der Waals surface area contributed by atoms with Crippen molar-refractivity contribution in [3.63, 3.8) is 0 Å². The fraction of sp³-hybridized carbons (Fsp3) is 0.455. The van der Waals surface area contributed by atoms with Crippen LogP contribution in [0, 0.1) is 22.7 Å². The maximum atomic E-state index is 11.7. The molecule has 4 aliphatic rings. The van der Waals surface area contributed by atoms with Crippen LogP contribution in [0.1, 0.15) is 137 Å². The molecular formula is C44H50N4O2. The number of phenolic OH excluding ortho intramolecular Hbond substituents is 2. The van der Waals surface area contributed by atoms with Crippen molar-refractivity contribution < 1.29 is 10.2 Å². The highest BCUT2D eigenvalue weighted by molar-refractivity contribution is 5.85. The van der Waals surface area contributed by atoms with E-state index in [0.29, 0.717) is 33.8 Å². The van der Waals surface area contributed by atoms with Crippen LogP contribution < -0.4 is 9.80 Å². The van der Waals surface area contributed by atoms with Gasteiger partial charge in [-0.25, -0.2) is 0 Å². The van der Waals surface area contributed by atoms with Gasteiger partial charge in [0.1, 0.15) is 11.5 Å². The zero-order chi connectivity index (χ0) is 36.0. The fourth-order valence-corrected chi connectivity index (χ4v) is 8.90. The average Bonchev–Trinajstić information content (AvgIpc) is 3.05. The van der Waals surface area contributed by atoms with E-state index in [1.54, 1.807) is 12.1 Å². The lowest BCUT2D eigenvalue weighted by molar-refractivity contribution is 0.377. The van der Waals surface area contributed by atoms with Crippen molar-refractivity contribution in [2.24, 2.45) is 0 Å². The van der Waals surface area contributed by atoms with Crippen molar-refractivity contribution in [1.82, 2.24) is 0 Å². The van der Waals surface area contributed by atoms with Crippen LogP contribution in [0.25, 0.3) is 24.3 Å². The van der Waals surface area contributed by atoms with Gasteiger partial charge in [0.15, 0.2) is 0 Å². The van der Waals surface area contributed by atoms with Crippen molar-refractivity contribution in [2.45, 2.75) is 103 Å². The Morgan fingerprint density at radius 1 is 0.520 bits per heavy atom. The van der Waals surface area contributed by atoms with E-state index >= 15 is 0 Å². The normalized spacial score (nSPS) is 20.7. The lowest BCUT2D eigenvalue weighted by Gasteiger charge is -2.48. The predicted octanol–water partition coefficient (Wildman–Crippen LogP) is 9.52. The van der Waals surface area contributed by atoms with Crippen molar-refractivity contribution in [3.8, 4) is 23.6 Å². The first-order chi connectivity index (χ1) is 23.5. The molecule has 0 radical (unpaired) electrons. The second-order valence-corrected chi connectivity index (χ2v) is 17.6. The maximum absolute atomic E-state index is 11.7. The van der Waals surface area contributed by atoms with Crippen LogP contribution in [0.3, 0.4) is 0 Å². The van der Waals surface area contributed by atoms with E-state index in [9.17, 15) is 20.7 Å². The highest BCUT2D eigenvalue weighted by Crippen LogP contribution is 2.55. The van der Waals surface area contributed by atoms with Crippen LogP contribution >= 0.6 is 0 Å². The molecule has 0 spiro atoms. The number of rotatable bonds is 4. The van der Waals surface area contributed by atoms with Gasteiger partial charge in [0, 0.05) is 59.8 Å². The van der Waals surface area contributed by atoms with Crippen LogP contribution in [0.15, 0.2) is 24.3 Å². The number of hydrogen-bond acceptors (Lipinski definition) is 6. The molecule has 0 aliphatic carbocycles. The molecule has 7 rings (SSSR count). The number of nitriles is 2. The first-order valence-corrected chi connectivity index (χ1v) is 18.2. The number of anilines is 2. The van der Waals surface area contributed by atoms with Crippen LogP contribution in [-0.4, -0.2) is 36.4 Å². The van der Waals surface area contributed by atoms with Gasteiger partial charge in [0.2, 0.25) is 0 Å². The van der Waals surface area contributed by atoms with Crippen LogP contribution in [0.5, 0.6) is 11.5 Å². The van der Waals surface area contributed by atoms with E-state index < -0.39 is 0 Å². The van der Waals surface area contributed by atoms with Crippen molar-refractivity contribution in [3.05, 3.63) is 79.9 Å². The molecule has 3 aromatic carbocycles. The summed E-state index contributed by atoms with van der Waals surface area (Å²) in [5, 5.41) is 44.0. The molecule has 0 saturated carbocycles. The maximum Gasteiger partial charge on any atom is 0.128 e. The number of benzene rings is 3. The van der Waals surface area contributed by atoms with Gasteiger partial charge in [-0.1, -0.05) is 79.7 Å². The van der Waals surface area contributed by atoms with E-state index in [1.165, 1.54) is 22.5 Å². The van der Waals surface area contributed by atoms with E-state index in [0.717, 1.165) is 74.1 Å². The Hall–Kier alpha value is -4.68. The Morgan fingerprint density at radius 2 is 0.840 bits per heavy atom. The van der Waals surface area contributed by atoms with Gasteiger partial charge in [-0.2, -0.15) is 10.5 Å². The van der Waals surface area contributed by atoms with E-state index in [4.69, 9.17) is 0 Å². The second kappa shape index (κ2) is 11.4. The van der Waals surface area contributed by atoms with E-state index in [2.05, 4.69) is 89.5 Å². The second-order valence-electron chi connectivity index (χ2n) is 17.6. The first kappa shape index (κ1) is 33.8. The summed E-state index contributed by atoms with van der Waals surface area (Å²) in [5.41, 5.74) is 10.1. The summed E-state index contributed by atoms with van der Waals surface area (Å²) in [6, 6.07) is 12.4. The lowest BCUT2D eigenvalue weighted by Crippen LogP contribution is -2.44. The van der Waals surface area contributed by atoms with E-state index in [-0.39, 0.29) is 21.7 Å². The highest BCUT2D eigenvalue weighted by Gasteiger charge is 2.43. The predicted molar refractivity (Wildman–Crippen MR) is 205 cm³/mol. The SMILES string of the molecule is CC1(C)CCN2CCC(C)(C)c3c(O)c(/C=C/c4cc(C#N)c(/C=C/c5cc6c7c(c5O)C(C)(C)CCN7CCC6(C)C)cc4C#N)cc1c32. The van der Waals surface area contributed by atoms with Gasteiger partial charge in [-0.3, -0.25) is 0 Å². The largest absolute Gasteiger partial charge is 0.507 e. The zero-order valence-electron chi connectivity index (χ0n) is 31.0. The van der Waals surface area contributed by atoms with Gasteiger partial charge in [0.05, 0.1) is 23.3 Å². The molecule has 6 heteroatoms. The summed E-state index contributed by atoms with van der Waals surface area (Å²) >= 11 is 0. The number of aromatic hydroxyl groups is 2. The molecular weight excluding hydrogens is 617 g/mol. The molecule has 50 heavy (non-hydrogen) atoms. The number of nitrogens with zero attached hydrogens (tertiary/aromatic N) is 4. The van der Waals surface area contributed by atoms with Gasteiger partial charge in [-0.15, -0.1) is 0 Å². The molecule has 0 aromatic heterocycles. The van der Waals surface area contributed by atoms with Gasteiger partial charge in [-0.05, 0) is 93.9 Å². The van der Waals surface area contributed by atoms with Gasteiger partial charge in [0.25, 0.3) is 0 Å². The highest BCUT2D eigenvalue weighted by atomic mass is 16.3. The zero-order valence-corrected chi connectivity index (χ0v) is 31.0. The van der Waals surface area contributed by atoms with Crippen molar-refractivity contribution >= 4 is 35.7 Å². The van der Waals surface area contributed by atoms with Crippen molar-refractivity contribution in [2.75, 3.05) is 36.0 Å². The first-order valence-electron chi connectivity index (χ1n) is 18.2. The van der Waals surface area contributed by atoms with Crippen LogP contribution in [0.4, 0.5) is 11.4 Å². The summed E-state index contributed by atoms with van der Waals surface area (Å²) in [6.45, 7) is 21.9. The third-order valence-corrected chi connectivity index (χ3v) is 12.4. The van der Waals surface area contributed by atoms with Gasteiger partial charge >= 0.3 is 0 Å². The molecule has 0 bridgehead atoms. The Kier molecular flexibility index (Phi) is 7.72. The summed E-state index contributed by atoms with van der Waals surface area (Å²) in [5.74, 6) is 0.591. The summed E-state index contributed by atoms with van der Waals surface area (Å²) in [6.07, 6.45) is 11.5. The molecule has 258 valence electrons. The Morgan fingerprint density at radius 3 is 1.18 bits per heavy atom.